The van der Waals surface area contributed by atoms with Crippen LogP contribution in [0.3, 0.4) is 0 Å². The van der Waals surface area contributed by atoms with E-state index < -0.39 is 20.1 Å². The molecule has 0 unspecified atom stereocenters. The van der Waals surface area contributed by atoms with Gasteiger partial charge in [0.05, 0.1) is 23.1 Å². The summed E-state index contributed by atoms with van der Waals surface area (Å²) in [7, 11) is -6.87. The highest BCUT2D eigenvalue weighted by molar-refractivity contribution is 7.89. The molecule has 0 aliphatic carbocycles. The number of unbranched alkanes of at least 4 members (excludes halogenated alkanes) is 2. The van der Waals surface area contributed by atoms with Gasteiger partial charge in [-0.3, -0.25) is 4.18 Å². The second kappa shape index (κ2) is 12.0. The highest BCUT2D eigenvalue weighted by atomic mass is 32.2. The van der Waals surface area contributed by atoms with Gasteiger partial charge in [0.15, 0.2) is 0 Å². The van der Waals surface area contributed by atoms with E-state index in [0.717, 1.165) is 38.9 Å². The summed E-state index contributed by atoms with van der Waals surface area (Å²) in [5.74, 6) is -0.388. The number of fused-ring (bicyclic) bond motifs is 1. The minimum atomic E-state index is -4.05. The van der Waals surface area contributed by atoms with Gasteiger partial charge in [0.25, 0.3) is 10.1 Å². The third kappa shape index (κ3) is 6.27. The topological polar surface area (TPSA) is 152 Å². The van der Waals surface area contributed by atoms with E-state index in [9.17, 15) is 21.9 Å². The number of azo groups is 1. The molecule has 37 heavy (non-hydrogen) atoms. The largest absolute Gasteiger partial charge is 0.507 e. The van der Waals surface area contributed by atoms with Crippen LogP contribution in [-0.4, -0.2) is 46.4 Å². The van der Waals surface area contributed by atoms with E-state index in [1.54, 1.807) is 18.2 Å². The molecule has 0 spiro atoms. The van der Waals surface area contributed by atoms with Crippen molar-refractivity contribution in [2.24, 2.45) is 10.2 Å². The first-order valence-corrected chi connectivity index (χ1v) is 14.8. The minimum Gasteiger partial charge on any atom is -0.507 e. The van der Waals surface area contributed by atoms with Gasteiger partial charge in [-0.25, -0.2) is 8.42 Å². The van der Waals surface area contributed by atoms with E-state index in [1.165, 1.54) is 28.6 Å². The summed E-state index contributed by atoms with van der Waals surface area (Å²) in [5, 5.41) is 19.6. The van der Waals surface area contributed by atoms with Crippen LogP contribution in [0, 0.1) is 0 Å². The van der Waals surface area contributed by atoms with Crippen LogP contribution in [0.1, 0.15) is 39.5 Å². The molecule has 0 fully saturated rings. The van der Waals surface area contributed by atoms with Crippen molar-refractivity contribution in [2.75, 3.05) is 25.9 Å². The lowest BCUT2D eigenvalue weighted by molar-refractivity contribution is 0.395. The van der Waals surface area contributed by atoms with Gasteiger partial charge in [0.1, 0.15) is 22.0 Å². The zero-order chi connectivity index (χ0) is 27.2. The van der Waals surface area contributed by atoms with Crippen molar-refractivity contribution >= 4 is 48.0 Å². The Morgan fingerprint density at radius 1 is 0.946 bits per heavy atom. The van der Waals surface area contributed by atoms with E-state index >= 15 is 0 Å². The van der Waals surface area contributed by atoms with Crippen molar-refractivity contribution in [3.8, 4) is 5.75 Å². The number of nitrogen functional groups attached to an aromatic ring is 1. The summed E-state index contributed by atoms with van der Waals surface area (Å²) >= 11 is 0. The molecular weight excluding hydrogens is 516 g/mol. The predicted molar refractivity (Wildman–Crippen MR) is 143 cm³/mol. The molecule has 0 atom stereocenters. The maximum atomic E-state index is 13.6. The average Bonchev–Trinajstić information content (AvgIpc) is 2.88. The summed E-state index contributed by atoms with van der Waals surface area (Å²) in [4.78, 5) is -0.217. The van der Waals surface area contributed by atoms with Gasteiger partial charge < -0.3 is 10.8 Å². The summed E-state index contributed by atoms with van der Waals surface area (Å²) in [6, 6.07) is 11.7. The number of anilines is 1. The van der Waals surface area contributed by atoms with Gasteiger partial charge in [-0.1, -0.05) is 44.9 Å². The average molecular weight is 549 g/mol. The first kappa shape index (κ1) is 28.5. The molecule has 200 valence electrons. The molecule has 0 heterocycles. The molecule has 3 rings (SSSR count). The Kier molecular flexibility index (Phi) is 9.24. The Hall–Kier alpha value is -3.06. The second-order valence-electron chi connectivity index (χ2n) is 8.44. The van der Waals surface area contributed by atoms with Crippen molar-refractivity contribution in [3.05, 3.63) is 48.5 Å². The summed E-state index contributed by atoms with van der Waals surface area (Å²) in [6.45, 7) is 4.82. The van der Waals surface area contributed by atoms with Gasteiger partial charge in [-0.15, -0.1) is 10.2 Å². The molecule has 0 aliphatic rings. The molecule has 10 nitrogen and oxygen atoms in total. The van der Waals surface area contributed by atoms with Crippen molar-refractivity contribution in [2.45, 2.75) is 49.3 Å². The molecule has 12 heteroatoms. The van der Waals surface area contributed by atoms with Crippen LogP contribution in [0.25, 0.3) is 10.8 Å². The van der Waals surface area contributed by atoms with Crippen LogP contribution in [0.5, 0.6) is 5.75 Å². The van der Waals surface area contributed by atoms with Crippen LogP contribution in [0.4, 0.5) is 17.1 Å². The lowest BCUT2D eigenvalue weighted by Gasteiger charge is -2.22. The second-order valence-corrected chi connectivity index (χ2v) is 12.1. The lowest BCUT2D eigenvalue weighted by atomic mass is 10.1. The Labute approximate surface area is 218 Å². The number of aromatic hydroxyl groups is 1. The van der Waals surface area contributed by atoms with E-state index in [1.807, 2.05) is 13.8 Å². The number of hydrogen-bond acceptors (Lipinski definition) is 9. The lowest BCUT2D eigenvalue weighted by Crippen LogP contribution is -2.33. The standard InChI is InChI=1S/C25H32N4O6S2/c1-4-6-14-29(15-7-5-2)36(31,32)23-11-9-8-10-21(23)27-28-25-20(26)13-12-18-16-19(37(33,34)35-3)17-22(30)24(18)25/h8-13,16-17,30H,4-7,14-15,26H2,1-3H3. The van der Waals surface area contributed by atoms with E-state index in [0.29, 0.717) is 18.5 Å². The van der Waals surface area contributed by atoms with Crippen LogP contribution in [0.2, 0.25) is 0 Å². The predicted octanol–water partition coefficient (Wildman–Crippen LogP) is 5.47. The molecule has 0 saturated heterocycles. The smallest absolute Gasteiger partial charge is 0.296 e. The van der Waals surface area contributed by atoms with Crippen LogP contribution in [-0.2, 0) is 24.3 Å². The monoisotopic (exact) mass is 548 g/mol. The Morgan fingerprint density at radius 3 is 2.22 bits per heavy atom. The highest BCUT2D eigenvalue weighted by Crippen LogP contribution is 2.41. The fraction of sp³-hybridized carbons (Fsp3) is 0.360. The molecule has 0 aliphatic heterocycles. The molecule has 3 N–H and O–H groups in total. The fourth-order valence-corrected chi connectivity index (χ4v) is 6.14. The molecular formula is C25H32N4O6S2. The quantitative estimate of drug-likeness (QED) is 0.173. The SMILES string of the molecule is CCCCN(CCCC)S(=O)(=O)c1ccccc1N=Nc1c(N)ccc2cc(S(=O)(=O)OC)cc(O)c12. The number of phenols is 1. The number of phenolic OH excluding ortho intramolecular Hbond substituents is 1. The molecule has 0 radical (unpaired) electrons. The molecule has 0 aromatic heterocycles. The van der Waals surface area contributed by atoms with Crippen molar-refractivity contribution in [3.63, 3.8) is 0 Å². The van der Waals surface area contributed by atoms with Crippen LogP contribution in [0.15, 0.2) is 68.6 Å². The summed E-state index contributed by atoms with van der Waals surface area (Å²) < 4.78 is 57.4. The van der Waals surface area contributed by atoms with E-state index in [-0.39, 0.29) is 38.0 Å². The number of rotatable bonds is 12. The zero-order valence-corrected chi connectivity index (χ0v) is 22.7. The third-order valence-corrected chi connectivity index (χ3v) is 9.04. The molecule has 0 saturated carbocycles. The van der Waals surface area contributed by atoms with Gasteiger partial charge in [0.2, 0.25) is 10.0 Å². The minimum absolute atomic E-state index is 0.0162. The fourth-order valence-electron chi connectivity index (χ4n) is 3.78. The first-order chi connectivity index (χ1) is 17.6. The van der Waals surface area contributed by atoms with E-state index in [4.69, 9.17) is 5.73 Å². The molecule has 0 bridgehead atoms. The van der Waals surface area contributed by atoms with Crippen LogP contribution >= 0.6 is 0 Å². The summed E-state index contributed by atoms with van der Waals surface area (Å²) in [6.07, 6.45) is 3.19. The van der Waals surface area contributed by atoms with Gasteiger partial charge in [-0.05, 0) is 42.5 Å². The van der Waals surface area contributed by atoms with Crippen molar-refractivity contribution < 1.29 is 26.1 Å². The normalized spacial score (nSPS) is 12.6. The number of benzene rings is 3. The van der Waals surface area contributed by atoms with E-state index in [2.05, 4.69) is 14.4 Å². The van der Waals surface area contributed by atoms with Gasteiger partial charge >= 0.3 is 0 Å². The first-order valence-electron chi connectivity index (χ1n) is 11.9. The Balaban J connectivity index is 2.11. The molecule has 0 amide bonds. The number of sulfonamides is 1. The highest BCUT2D eigenvalue weighted by Gasteiger charge is 2.26. The molecule has 3 aromatic carbocycles. The maximum Gasteiger partial charge on any atom is 0.296 e. The number of nitrogens with two attached hydrogens (primary N) is 1. The maximum absolute atomic E-state index is 13.6. The number of hydrogen-bond donors (Lipinski definition) is 2. The van der Waals surface area contributed by atoms with Gasteiger partial charge in [0, 0.05) is 19.2 Å². The Bertz CT molecular complexity index is 1500. The third-order valence-electron chi connectivity index (χ3n) is 5.85. The molecule has 3 aromatic rings. The van der Waals surface area contributed by atoms with Gasteiger partial charge in [-0.2, -0.15) is 12.7 Å². The number of nitrogens with zero attached hydrogens (tertiary/aromatic N) is 3. The zero-order valence-electron chi connectivity index (χ0n) is 21.1. The Morgan fingerprint density at radius 2 is 1.59 bits per heavy atom. The summed E-state index contributed by atoms with van der Waals surface area (Å²) in [5.41, 5.74) is 6.49. The van der Waals surface area contributed by atoms with Crippen molar-refractivity contribution in [1.29, 1.82) is 0 Å². The van der Waals surface area contributed by atoms with Crippen LogP contribution < -0.4 is 5.73 Å². The van der Waals surface area contributed by atoms with Crippen molar-refractivity contribution in [1.82, 2.24) is 4.31 Å².